The van der Waals surface area contributed by atoms with Gasteiger partial charge < -0.3 is 30.6 Å². The van der Waals surface area contributed by atoms with E-state index >= 15 is 0 Å². The number of aliphatic hydroxyl groups is 4. The lowest BCUT2D eigenvalue weighted by molar-refractivity contribution is -0.228. The molecule has 0 bridgehead atoms. The first-order valence-corrected chi connectivity index (χ1v) is 3.54. The van der Waals surface area contributed by atoms with Crippen molar-refractivity contribution in [2.24, 2.45) is 0 Å². The first kappa shape index (κ1) is 13.7. The monoisotopic (exact) mass is 228 g/mol. The highest BCUT2D eigenvalue weighted by Gasteiger charge is 2.50. The fraction of sp³-hybridized carbons (Fsp3) is 0.667. The first-order valence-electron chi connectivity index (χ1n) is 3.54. The predicted octanol–water partition coefficient (Wildman–Crippen LogP) is -3.10. The van der Waals surface area contributed by atoms with Crippen molar-refractivity contribution >= 4 is 11.9 Å². The molecule has 0 radical (unpaired) electrons. The zero-order chi connectivity index (χ0) is 12.4. The van der Waals surface area contributed by atoms with Crippen molar-refractivity contribution in [1.29, 1.82) is 0 Å². The molecular formula is C6H9FO8. The second-order valence-corrected chi connectivity index (χ2v) is 2.70. The maximum atomic E-state index is 12.7. The number of halogens is 1. The normalized spacial score (nSPS) is 21.1. The third-order valence-electron chi connectivity index (χ3n) is 1.59. The summed E-state index contributed by atoms with van der Waals surface area (Å²) >= 11 is 0. The molecule has 9 heteroatoms. The van der Waals surface area contributed by atoms with Gasteiger partial charge in [0.1, 0.15) is 6.10 Å². The maximum Gasteiger partial charge on any atom is 0.372 e. The number of carboxylic acids is 2. The standard InChI is InChI=1S/C6H9FO8/c7-6(15,5(13)14)3(10)1(8)2(9)4(11)12/h1-3,8-10,15H,(H,11,12)(H,13,14)/t1?,2?,3?,6-/m1/s1. The highest BCUT2D eigenvalue weighted by atomic mass is 19.2. The van der Waals surface area contributed by atoms with Crippen molar-refractivity contribution < 1.29 is 44.6 Å². The first-order chi connectivity index (χ1) is 6.62. The largest absolute Gasteiger partial charge is 0.479 e. The van der Waals surface area contributed by atoms with Crippen LogP contribution in [0.25, 0.3) is 0 Å². The molecule has 0 saturated heterocycles. The Morgan fingerprint density at radius 3 is 1.80 bits per heavy atom. The van der Waals surface area contributed by atoms with Crippen LogP contribution in [-0.4, -0.2) is 66.7 Å². The van der Waals surface area contributed by atoms with Crippen molar-refractivity contribution in [1.82, 2.24) is 0 Å². The van der Waals surface area contributed by atoms with E-state index in [0.29, 0.717) is 0 Å². The molecule has 4 atom stereocenters. The van der Waals surface area contributed by atoms with Crippen LogP contribution in [0, 0.1) is 0 Å². The quantitative estimate of drug-likeness (QED) is 0.289. The minimum absolute atomic E-state index is 2.01. The second kappa shape index (κ2) is 4.49. The molecule has 6 N–H and O–H groups in total. The molecule has 0 aromatic carbocycles. The van der Waals surface area contributed by atoms with Gasteiger partial charge in [-0.1, -0.05) is 0 Å². The summed E-state index contributed by atoms with van der Waals surface area (Å²) in [4.78, 5) is 20.1. The van der Waals surface area contributed by atoms with Crippen LogP contribution in [0.4, 0.5) is 4.39 Å². The number of rotatable bonds is 5. The van der Waals surface area contributed by atoms with Crippen molar-refractivity contribution in [2.75, 3.05) is 0 Å². The predicted molar refractivity (Wildman–Crippen MR) is 39.3 cm³/mol. The molecule has 0 aliphatic rings. The molecule has 0 amide bonds. The maximum absolute atomic E-state index is 12.7. The van der Waals surface area contributed by atoms with Gasteiger partial charge >= 0.3 is 17.8 Å². The van der Waals surface area contributed by atoms with Crippen molar-refractivity contribution in [3.05, 3.63) is 0 Å². The summed E-state index contributed by atoms with van der Waals surface area (Å²) in [6.45, 7) is 0. The van der Waals surface area contributed by atoms with Gasteiger partial charge in [-0.15, -0.1) is 0 Å². The number of hydrogen-bond acceptors (Lipinski definition) is 6. The molecule has 0 saturated carbocycles. The zero-order valence-electron chi connectivity index (χ0n) is 7.11. The van der Waals surface area contributed by atoms with Crippen molar-refractivity contribution in [2.45, 2.75) is 24.2 Å². The number of hydrogen-bond donors (Lipinski definition) is 6. The summed E-state index contributed by atoms with van der Waals surface area (Å²) in [6.07, 6.45) is -8.31. The summed E-state index contributed by atoms with van der Waals surface area (Å²) in [5.74, 6) is -8.79. The van der Waals surface area contributed by atoms with Gasteiger partial charge in [0, 0.05) is 0 Å². The molecular weight excluding hydrogens is 219 g/mol. The zero-order valence-corrected chi connectivity index (χ0v) is 7.11. The molecule has 15 heavy (non-hydrogen) atoms. The molecule has 0 aliphatic carbocycles. The Labute approximate surface area is 81.8 Å². The number of aliphatic hydroxyl groups excluding tert-OH is 3. The molecule has 0 spiro atoms. The average molecular weight is 228 g/mol. The Bertz CT molecular complexity index is 264. The molecule has 8 nitrogen and oxygen atoms in total. The van der Waals surface area contributed by atoms with Crippen LogP contribution in [0.2, 0.25) is 0 Å². The summed E-state index contributed by atoms with van der Waals surface area (Å²) in [6, 6.07) is 0. The molecule has 0 aromatic heterocycles. The van der Waals surface area contributed by atoms with E-state index in [2.05, 4.69) is 0 Å². The number of carboxylic acid groups (broad SMARTS) is 2. The van der Waals surface area contributed by atoms with Gasteiger partial charge in [-0.2, -0.15) is 4.39 Å². The van der Waals surface area contributed by atoms with Gasteiger partial charge in [0.15, 0.2) is 12.2 Å². The van der Waals surface area contributed by atoms with Gasteiger partial charge in [0.2, 0.25) is 0 Å². The molecule has 0 aliphatic heterocycles. The van der Waals surface area contributed by atoms with E-state index in [4.69, 9.17) is 30.6 Å². The molecule has 88 valence electrons. The van der Waals surface area contributed by atoms with Gasteiger partial charge in [-0.05, 0) is 0 Å². The van der Waals surface area contributed by atoms with E-state index in [-0.39, 0.29) is 0 Å². The number of carbonyl (C=O) groups is 2. The molecule has 0 rings (SSSR count). The van der Waals surface area contributed by atoms with Crippen LogP contribution >= 0.6 is 0 Å². The fourth-order valence-corrected chi connectivity index (χ4v) is 0.672. The molecule has 3 unspecified atom stereocenters. The van der Waals surface area contributed by atoms with Crippen LogP contribution < -0.4 is 0 Å². The topological polar surface area (TPSA) is 156 Å². The Morgan fingerprint density at radius 2 is 1.53 bits per heavy atom. The van der Waals surface area contributed by atoms with Gasteiger partial charge in [-0.25, -0.2) is 9.59 Å². The number of aliphatic carboxylic acids is 2. The van der Waals surface area contributed by atoms with Crippen molar-refractivity contribution in [3.8, 4) is 0 Å². The molecule has 0 aromatic rings. The Kier molecular flexibility index (Phi) is 4.10. The highest BCUT2D eigenvalue weighted by Crippen LogP contribution is 2.18. The van der Waals surface area contributed by atoms with Gasteiger partial charge in [-0.3, -0.25) is 0 Å². The Balaban J connectivity index is 4.78. The lowest BCUT2D eigenvalue weighted by Gasteiger charge is -2.26. The van der Waals surface area contributed by atoms with E-state index in [1.807, 2.05) is 0 Å². The lowest BCUT2D eigenvalue weighted by atomic mass is 10.0. The van der Waals surface area contributed by atoms with Crippen LogP contribution in [0.15, 0.2) is 0 Å². The van der Waals surface area contributed by atoms with Crippen LogP contribution in [0.5, 0.6) is 0 Å². The Hall–Kier alpha value is -1.29. The summed E-state index contributed by atoms with van der Waals surface area (Å²) in [5.41, 5.74) is 0. The van der Waals surface area contributed by atoms with E-state index < -0.39 is 36.1 Å². The van der Waals surface area contributed by atoms with E-state index in [1.165, 1.54) is 0 Å². The third kappa shape index (κ3) is 2.83. The van der Waals surface area contributed by atoms with Gasteiger partial charge in [0.25, 0.3) is 0 Å². The summed E-state index contributed by atoms with van der Waals surface area (Å²) < 4.78 is 12.7. The van der Waals surface area contributed by atoms with Crippen LogP contribution in [0.1, 0.15) is 0 Å². The van der Waals surface area contributed by atoms with E-state index in [1.54, 1.807) is 0 Å². The smallest absolute Gasteiger partial charge is 0.372 e. The fourth-order valence-electron chi connectivity index (χ4n) is 0.672. The Morgan fingerprint density at radius 1 is 1.13 bits per heavy atom. The minimum atomic E-state index is -4.25. The summed E-state index contributed by atoms with van der Waals surface area (Å²) in [7, 11) is 0. The SMILES string of the molecule is O=C(O)C(O)C(O)C(O)[C@](O)(F)C(=O)O. The summed E-state index contributed by atoms with van der Waals surface area (Å²) in [5, 5.41) is 50.9. The van der Waals surface area contributed by atoms with Crippen molar-refractivity contribution in [3.63, 3.8) is 0 Å². The van der Waals surface area contributed by atoms with E-state index in [9.17, 15) is 14.0 Å². The molecule has 0 fully saturated rings. The van der Waals surface area contributed by atoms with Gasteiger partial charge in [0.05, 0.1) is 0 Å². The minimum Gasteiger partial charge on any atom is -0.479 e. The average Bonchev–Trinajstić information content (AvgIpc) is 2.13. The van der Waals surface area contributed by atoms with Crippen LogP contribution in [0.3, 0.4) is 0 Å². The molecule has 0 heterocycles. The van der Waals surface area contributed by atoms with E-state index in [0.717, 1.165) is 0 Å². The highest BCUT2D eigenvalue weighted by molar-refractivity contribution is 5.77. The third-order valence-corrected chi connectivity index (χ3v) is 1.59. The number of alkyl halides is 1. The van der Waals surface area contributed by atoms with Crippen LogP contribution in [-0.2, 0) is 9.59 Å². The lowest BCUT2D eigenvalue weighted by Crippen LogP contribution is -2.56. The second-order valence-electron chi connectivity index (χ2n) is 2.70.